The lowest BCUT2D eigenvalue weighted by atomic mass is 10.0. The zero-order valence-corrected chi connectivity index (χ0v) is 21.5. The Morgan fingerprint density at radius 2 is 1.97 bits per heavy atom. The monoisotopic (exact) mass is 518 g/mol. The quantitative estimate of drug-likeness (QED) is 0.381. The molecule has 1 aliphatic heterocycles. The number of carbonyl (C=O) groups is 1. The van der Waals surface area contributed by atoms with Gasteiger partial charge in [0.05, 0.1) is 28.6 Å². The minimum atomic E-state index is -0.321. The molecule has 37 heavy (non-hydrogen) atoms. The number of amides is 1. The van der Waals surface area contributed by atoms with Crippen LogP contribution < -0.4 is 10.2 Å². The van der Waals surface area contributed by atoms with Crippen molar-refractivity contribution in [2.45, 2.75) is 32.4 Å². The molecule has 4 aromatic rings. The lowest BCUT2D eigenvalue weighted by Gasteiger charge is -2.33. The standard InChI is InChI=1S/C27H27FN6O2S/c1-17-30-24(16-37-17)26-31-22(15-36-2)13-25(33-26)34-10-8-21(9-11-34)32-27(35)19-6-7-23(29-14-19)18-4-3-5-20(28)12-18/h3-7,12-14,16,21H,8-11,15H2,1-2H3,(H,32,35). The van der Waals surface area contributed by atoms with Gasteiger partial charge >= 0.3 is 0 Å². The van der Waals surface area contributed by atoms with Crippen molar-refractivity contribution in [1.29, 1.82) is 0 Å². The maximum absolute atomic E-state index is 13.5. The second-order valence-electron chi connectivity index (χ2n) is 8.90. The van der Waals surface area contributed by atoms with Crippen molar-refractivity contribution < 1.29 is 13.9 Å². The molecule has 0 spiro atoms. The third-order valence-corrected chi connectivity index (χ3v) is 6.98. The van der Waals surface area contributed by atoms with Gasteiger partial charge in [0, 0.05) is 49.4 Å². The Hall–Kier alpha value is -3.76. The van der Waals surface area contributed by atoms with E-state index in [1.807, 2.05) is 18.4 Å². The van der Waals surface area contributed by atoms with Crippen LogP contribution in [-0.2, 0) is 11.3 Å². The smallest absolute Gasteiger partial charge is 0.253 e. The number of aromatic nitrogens is 4. The zero-order valence-electron chi connectivity index (χ0n) is 20.6. The second-order valence-corrected chi connectivity index (χ2v) is 9.97. The molecule has 0 aliphatic carbocycles. The molecule has 1 aliphatic rings. The van der Waals surface area contributed by atoms with Crippen LogP contribution in [0.15, 0.2) is 54.0 Å². The average molecular weight is 519 g/mol. The highest BCUT2D eigenvalue weighted by molar-refractivity contribution is 7.09. The number of hydrogen-bond donors (Lipinski definition) is 1. The highest BCUT2D eigenvalue weighted by atomic mass is 32.1. The molecular formula is C27H27FN6O2S. The van der Waals surface area contributed by atoms with E-state index in [0.717, 1.165) is 48.1 Å². The van der Waals surface area contributed by atoms with Crippen molar-refractivity contribution in [2.24, 2.45) is 0 Å². The number of ether oxygens (including phenoxy) is 1. The van der Waals surface area contributed by atoms with Crippen molar-refractivity contribution in [3.8, 4) is 22.8 Å². The number of halogens is 1. The van der Waals surface area contributed by atoms with E-state index in [-0.39, 0.29) is 17.8 Å². The van der Waals surface area contributed by atoms with E-state index in [1.54, 1.807) is 42.7 Å². The first-order valence-electron chi connectivity index (χ1n) is 12.1. The predicted molar refractivity (Wildman–Crippen MR) is 141 cm³/mol. The molecule has 0 bridgehead atoms. The fraction of sp³-hybridized carbons (Fsp3) is 0.296. The van der Waals surface area contributed by atoms with E-state index in [1.165, 1.54) is 18.3 Å². The molecule has 1 fully saturated rings. The molecule has 0 radical (unpaired) electrons. The largest absolute Gasteiger partial charge is 0.378 e. The Kier molecular flexibility index (Phi) is 7.47. The molecule has 190 valence electrons. The summed E-state index contributed by atoms with van der Waals surface area (Å²) in [6.45, 7) is 3.85. The molecule has 4 heterocycles. The number of benzene rings is 1. The van der Waals surface area contributed by atoms with Gasteiger partial charge in [0.2, 0.25) is 0 Å². The number of nitrogens with zero attached hydrogens (tertiary/aromatic N) is 5. The Morgan fingerprint density at radius 3 is 2.65 bits per heavy atom. The number of nitrogens with one attached hydrogen (secondary N) is 1. The summed E-state index contributed by atoms with van der Waals surface area (Å²) in [5.41, 5.74) is 3.34. The van der Waals surface area contributed by atoms with Crippen LogP contribution >= 0.6 is 11.3 Å². The Bertz CT molecular complexity index is 1390. The summed E-state index contributed by atoms with van der Waals surface area (Å²) in [5, 5.41) is 6.05. The van der Waals surface area contributed by atoms with Crippen LogP contribution in [0.5, 0.6) is 0 Å². The predicted octanol–water partition coefficient (Wildman–Crippen LogP) is 4.65. The maximum atomic E-state index is 13.5. The highest BCUT2D eigenvalue weighted by Gasteiger charge is 2.23. The molecule has 0 saturated carbocycles. The summed E-state index contributed by atoms with van der Waals surface area (Å²) in [6.07, 6.45) is 3.11. The molecule has 5 rings (SSSR count). The van der Waals surface area contributed by atoms with Gasteiger partial charge < -0.3 is 15.0 Å². The fourth-order valence-electron chi connectivity index (χ4n) is 4.32. The Balaban J connectivity index is 1.22. The molecule has 8 nitrogen and oxygen atoms in total. The summed E-state index contributed by atoms with van der Waals surface area (Å²) in [5.74, 6) is 0.948. The third-order valence-electron chi connectivity index (χ3n) is 6.21. The van der Waals surface area contributed by atoms with E-state index in [2.05, 4.69) is 25.2 Å². The Morgan fingerprint density at radius 1 is 1.14 bits per heavy atom. The van der Waals surface area contributed by atoms with Gasteiger partial charge in [-0.1, -0.05) is 12.1 Å². The van der Waals surface area contributed by atoms with Crippen molar-refractivity contribution >= 4 is 23.1 Å². The fourth-order valence-corrected chi connectivity index (χ4v) is 4.91. The molecule has 1 saturated heterocycles. The number of carbonyl (C=O) groups excluding carboxylic acids is 1. The first kappa shape index (κ1) is 24.9. The summed E-state index contributed by atoms with van der Waals surface area (Å²) < 4.78 is 18.8. The summed E-state index contributed by atoms with van der Waals surface area (Å²) in [4.78, 5) is 33.3. The zero-order chi connectivity index (χ0) is 25.8. The van der Waals surface area contributed by atoms with Crippen molar-refractivity contribution in [3.05, 3.63) is 76.1 Å². The second kappa shape index (κ2) is 11.1. The van der Waals surface area contributed by atoms with Crippen LogP contribution in [0.4, 0.5) is 10.2 Å². The third kappa shape index (κ3) is 5.98. The minimum absolute atomic E-state index is 0.0487. The van der Waals surface area contributed by atoms with Crippen LogP contribution in [-0.4, -0.2) is 52.1 Å². The molecule has 10 heteroatoms. The molecule has 0 atom stereocenters. The molecule has 1 amide bonds. The van der Waals surface area contributed by atoms with E-state index in [9.17, 15) is 9.18 Å². The number of rotatable bonds is 7. The number of aryl methyl sites for hydroxylation is 1. The van der Waals surface area contributed by atoms with Gasteiger partial charge in [-0.05, 0) is 44.0 Å². The lowest BCUT2D eigenvalue weighted by molar-refractivity contribution is 0.0930. The highest BCUT2D eigenvalue weighted by Crippen LogP contribution is 2.25. The molecule has 1 aromatic carbocycles. The van der Waals surface area contributed by atoms with E-state index in [4.69, 9.17) is 9.72 Å². The van der Waals surface area contributed by atoms with Crippen LogP contribution in [0, 0.1) is 12.7 Å². The van der Waals surface area contributed by atoms with Gasteiger partial charge in [0.25, 0.3) is 5.91 Å². The first-order valence-corrected chi connectivity index (χ1v) is 12.9. The van der Waals surface area contributed by atoms with Crippen LogP contribution in [0.2, 0.25) is 0 Å². The van der Waals surface area contributed by atoms with Gasteiger partial charge in [-0.2, -0.15) is 0 Å². The number of anilines is 1. The summed E-state index contributed by atoms with van der Waals surface area (Å²) >= 11 is 1.57. The van der Waals surface area contributed by atoms with Crippen molar-refractivity contribution in [2.75, 3.05) is 25.1 Å². The van der Waals surface area contributed by atoms with Crippen molar-refractivity contribution in [1.82, 2.24) is 25.3 Å². The normalized spacial score (nSPS) is 14.1. The van der Waals surface area contributed by atoms with Crippen molar-refractivity contribution in [3.63, 3.8) is 0 Å². The average Bonchev–Trinajstić information content (AvgIpc) is 3.35. The van der Waals surface area contributed by atoms with Crippen LogP contribution in [0.25, 0.3) is 22.8 Å². The topological polar surface area (TPSA) is 93.1 Å². The number of piperidine rings is 1. The number of methoxy groups -OCH3 is 1. The van der Waals surface area contributed by atoms with E-state index < -0.39 is 0 Å². The number of thiazole rings is 1. The van der Waals surface area contributed by atoms with E-state index in [0.29, 0.717) is 29.3 Å². The van der Waals surface area contributed by atoms with Gasteiger partial charge in [0.1, 0.15) is 17.3 Å². The summed E-state index contributed by atoms with van der Waals surface area (Å²) in [6, 6.07) is 11.7. The number of hydrogen-bond acceptors (Lipinski definition) is 8. The number of pyridine rings is 1. The Labute approximate surface area is 218 Å². The van der Waals surface area contributed by atoms with Crippen LogP contribution in [0.3, 0.4) is 0 Å². The van der Waals surface area contributed by atoms with Gasteiger partial charge in [0.15, 0.2) is 5.82 Å². The maximum Gasteiger partial charge on any atom is 0.253 e. The minimum Gasteiger partial charge on any atom is -0.378 e. The van der Waals surface area contributed by atoms with Crippen LogP contribution in [0.1, 0.15) is 33.9 Å². The lowest BCUT2D eigenvalue weighted by Crippen LogP contribution is -2.45. The molecular weight excluding hydrogens is 491 g/mol. The van der Waals surface area contributed by atoms with Gasteiger partial charge in [-0.25, -0.2) is 19.3 Å². The molecule has 0 unspecified atom stereocenters. The van der Waals surface area contributed by atoms with Gasteiger partial charge in [-0.3, -0.25) is 9.78 Å². The SMILES string of the molecule is COCc1cc(N2CCC(NC(=O)c3ccc(-c4cccc(F)c4)nc3)CC2)nc(-c2csc(C)n2)n1. The van der Waals surface area contributed by atoms with Gasteiger partial charge in [-0.15, -0.1) is 11.3 Å². The molecule has 1 N–H and O–H groups in total. The van der Waals surface area contributed by atoms with E-state index >= 15 is 0 Å². The summed E-state index contributed by atoms with van der Waals surface area (Å²) in [7, 11) is 1.65. The molecule has 3 aromatic heterocycles. The first-order chi connectivity index (χ1) is 18.0.